The number of Topliss-reactive ketones (excluding diaryl/α,β-unsaturated/α-hetero) is 1. The highest BCUT2D eigenvalue weighted by atomic mass is 32.2. The maximum Gasteiger partial charge on any atom is 0.419 e. The molecule has 3 aliphatic heterocycles. The van der Waals surface area contributed by atoms with E-state index in [9.17, 15) is 30.0 Å². The van der Waals surface area contributed by atoms with Gasteiger partial charge in [-0.1, -0.05) is 39.5 Å². The lowest BCUT2D eigenvalue weighted by molar-refractivity contribution is -0.299. The van der Waals surface area contributed by atoms with Crippen molar-refractivity contribution in [2.24, 2.45) is 23.7 Å². The molecule has 16 heteroatoms. The van der Waals surface area contributed by atoms with Crippen molar-refractivity contribution in [3.05, 3.63) is 36.4 Å². The van der Waals surface area contributed by atoms with Gasteiger partial charge in [-0.15, -0.1) is 0 Å². The van der Waals surface area contributed by atoms with Gasteiger partial charge in [-0.2, -0.15) is 0 Å². The Kier molecular flexibility index (Phi) is 15.4. The summed E-state index contributed by atoms with van der Waals surface area (Å²) in [7, 11) is 11.4. The molecule has 0 spiro atoms. The van der Waals surface area contributed by atoms with Gasteiger partial charge in [0.15, 0.2) is 6.29 Å². The van der Waals surface area contributed by atoms with Crippen LogP contribution in [0.15, 0.2) is 46.2 Å². The van der Waals surface area contributed by atoms with Gasteiger partial charge in [0.1, 0.15) is 29.7 Å². The minimum absolute atomic E-state index is 0.0878. The Morgan fingerprint density at radius 3 is 1.94 bits per heavy atom. The first kappa shape index (κ1) is 49.5. The first-order chi connectivity index (χ1) is 28.8. The number of esters is 1. The number of aliphatic hydroxyl groups excluding tert-OH is 2. The van der Waals surface area contributed by atoms with E-state index < -0.39 is 89.5 Å². The summed E-state index contributed by atoms with van der Waals surface area (Å²) >= 11 is 1.52. The smallest absolute Gasteiger partial charge is 0.419 e. The van der Waals surface area contributed by atoms with Crippen LogP contribution in [0.5, 0.6) is 0 Å². The number of ether oxygens (including phenoxy) is 4. The Balaban J connectivity index is 1.67. The number of hydrogen-bond donors (Lipinski definition) is 4. The number of benzene rings is 2. The van der Waals surface area contributed by atoms with Gasteiger partial charge in [0.2, 0.25) is 0 Å². The Labute approximate surface area is 371 Å². The average Bonchev–Trinajstić information content (AvgIpc) is 3.20. The van der Waals surface area contributed by atoms with Crippen LogP contribution in [0.1, 0.15) is 74.7 Å². The zero-order valence-corrected chi connectivity index (χ0v) is 39.7. The van der Waals surface area contributed by atoms with E-state index in [4.69, 9.17) is 18.9 Å². The number of cyclic esters (lactones) is 1. The second-order valence-corrected chi connectivity index (χ2v) is 19.9. The fraction of sp³-hybridized carbons (Fsp3) is 0.674. The van der Waals surface area contributed by atoms with Crippen LogP contribution in [0.3, 0.4) is 0 Å². The number of nitrogens with zero attached hydrogens (tertiary/aromatic N) is 4. The van der Waals surface area contributed by atoms with Crippen molar-refractivity contribution < 1.29 is 53.8 Å². The highest BCUT2D eigenvalue weighted by Crippen LogP contribution is 2.51. The second-order valence-electron chi connectivity index (χ2n) is 18.8. The summed E-state index contributed by atoms with van der Waals surface area (Å²) in [4.78, 5) is 52.4. The fourth-order valence-corrected chi connectivity index (χ4v) is 10.4. The van der Waals surface area contributed by atoms with Gasteiger partial charge >= 0.3 is 12.1 Å². The molecule has 2 fully saturated rings. The maximum absolute atomic E-state index is 15.1. The molecule has 3 heterocycles. The molecule has 62 heavy (non-hydrogen) atoms. The summed E-state index contributed by atoms with van der Waals surface area (Å²) in [5, 5.41) is 47.6. The van der Waals surface area contributed by atoms with Crippen LogP contribution in [0.2, 0.25) is 0 Å². The van der Waals surface area contributed by atoms with Crippen LogP contribution < -0.4 is 14.7 Å². The van der Waals surface area contributed by atoms with Crippen molar-refractivity contribution in [3.8, 4) is 0 Å². The first-order valence-electron chi connectivity index (χ1n) is 21.7. The van der Waals surface area contributed by atoms with E-state index in [1.807, 2.05) is 100 Å². The van der Waals surface area contributed by atoms with Crippen molar-refractivity contribution in [2.75, 3.05) is 57.0 Å². The summed E-state index contributed by atoms with van der Waals surface area (Å²) in [6.07, 6.45) is -8.80. The molecule has 0 unspecified atom stereocenters. The molecule has 2 aromatic rings. The lowest BCUT2D eigenvalue weighted by Crippen LogP contribution is -2.60. The van der Waals surface area contributed by atoms with Gasteiger partial charge < -0.3 is 54.1 Å². The summed E-state index contributed by atoms with van der Waals surface area (Å²) in [6, 6.07) is 11.1. The van der Waals surface area contributed by atoms with Gasteiger partial charge in [0.05, 0.1) is 41.2 Å². The van der Waals surface area contributed by atoms with E-state index in [-0.39, 0.29) is 25.0 Å². The molecule has 0 radical (unpaired) electrons. The van der Waals surface area contributed by atoms with Crippen LogP contribution in [0.25, 0.3) is 0 Å². The van der Waals surface area contributed by atoms with Gasteiger partial charge in [-0.25, -0.2) is 9.69 Å². The molecule has 2 saturated heterocycles. The van der Waals surface area contributed by atoms with Crippen molar-refractivity contribution in [2.45, 2.75) is 145 Å². The fourth-order valence-electron chi connectivity index (χ4n) is 9.32. The number of hydrogen-bond acceptors (Lipinski definition) is 15. The van der Waals surface area contributed by atoms with Gasteiger partial charge in [-0.05, 0) is 97.5 Å². The number of aliphatic hydroxyl groups is 4. The third-order valence-electron chi connectivity index (χ3n) is 13.1. The largest absolute Gasteiger partial charge is 0.459 e. The van der Waals surface area contributed by atoms with Crippen LogP contribution in [0, 0.1) is 23.7 Å². The predicted molar refractivity (Wildman–Crippen MR) is 239 cm³/mol. The molecular formula is C46H70N4O11S. The summed E-state index contributed by atoms with van der Waals surface area (Å²) in [5.74, 6) is -5.56. The van der Waals surface area contributed by atoms with E-state index in [2.05, 4.69) is 0 Å². The Morgan fingerprint density at radius 1 is 0.887 bits per heavy atom. The third kappa shape index (κ3) is 10.1. The van der Waals surface area contributed by atoms with Crippen molar-refractivity contribution >= 4 is 52.4 Å². The quantitative estimate of drug-likeness (QED) is 0.258. The van der Waals surface area contributed by atoms with E-state index in [1.165, 1.54) is 44.4 Å². The zero-order chi connectivity index (χ0) is 46.3. The SMILES string of the molecule is CC[C@H]1OC(=O)[C@H](C)[C@@H](OC(=O)N2c3ccc(N(C)C)cc3Sc3cc(N(C)C)ccc32)[C@H](C)[C@@H](O[C@@H]2O[C@H](C)C[C@H](N(C)C)[C@H]2O)[C@](C)(O)C[C@@H](C)C(=O)[C@H](C)[C@@H](O)[C@]1(C)O. The summed E-state index contributed by atoms with van der Waals surface area (Å²) in [5.41, 5.74) is -1.00. The molecule has 1 amide bonds. The lowest BCUT2D eigenvalue weighted by Gasteiger charge is -2.47. The maximum atomic E-state index is 15.1. The van der Waals surface area contributed by atoms with Crippen LogP contribution in [-0.4, -0.2) is 146 Å². The minimum atomic E-state index is -2.06. The van der Waals surface area contributed by atoms with Gasteiger partial charge in [0.25, 0.3) is 0 Å². The first-order valence-corrected chi connectivity index (χ1v) is 22.5. The monoisotopic (exact) mass is 886 g/mol. The van der Waals surface area contributed by atoms with Crippen molar-refractivity contribution in [1.82, 2.24) is 4.90 Å². The molecule has 0 aromatic heterocycles. The topological polar surface area (TPSA) is 182 Å². The molecule has 0 saturated carbocycles. The number of likely N-dealkylation sites (N-methyl/N-ethyl adjacent to an activating group) is 1. The molecule has 346 valence electrons. The van der Waals surface area contributed by atoms with E-state index in [1.54, 1.807) is 20.8 Å². The lowest BCUT2D eigenvalue weighted by atomic mass is 9.74. The van der Waals surface area contributed by atoms with Gasteiger partial charge in [-0.3, -0.25) is 9.59 Å². The normalized spacial score (nSPS) is 36.0. The molecule has 3 aliphatic rings. The van der Waals surface area contributed by atoms with E-state index in [0.717, 1.165) is 21.2 Å². The molecule has 14 atom stereocenters. The molecule has 0 aliphatic carbocycles. The molecule has 4 N–H and O–H groups in total. The number of rotatable bonds is 7. The molecule has 5 rings (SSSR count). The Bertz CT molecular complexity index is 1870. The standard InChI is InChI=1S/C46H70N4O11S/c1-15-36-46(8,57)40(53)26(4)37(51)24(2)23-45(7,56)41(61-43-38(52)33(49(13)14)20-25(3)58-43)27(5)39(28(6)42(54)59-36)60-44(55)50-31-18-16-29(47(9)10)21-34(31)62-35-22-30(48(11)12)17-19-32(35)50/h16-19,21-22,24-28,33,36,38-41,43,52-53,56-57H,15,20,23H2,1-14H3/t24-,25-,26+,27+,28-,33+,36-,38-,39+,40-,41-,43+,45-,46-/m1/s1. The highest BCUT2D eigenvalue weighted by Gasteiger charge is 2.52. The third-order valence-corrected chi connectivity index (χ3v) is 14.2. The number of carbonyl (C=O) groups excluding carboxylic acids is 3. The minimum Gasteiger partial charge on any atom is -0.459 e. The van der Waals surface area contributed by atoms with Crippen LogP contribution >= 0.6 is 11.8 Å². The number of fused-ring (bicyclic) bond motifs is 2. The molecular weight excluding hydrogens is 817 g/mol. The van der Waals surface area contributed by atoms with Crippen LogP contribution in [-0.2, 0) is 28.5 Å². The Morgan fingerprint density at radius 2 is 1.44 bits per heavy atom. The number of amides is 1. The number of anilines is 4. The van der Waals surface area contributed by atoms with Crippen LogP contribution in [0.4, 0.5) is 27.5 Å². The molecule has 2 aromatic carbocycles. The molecule has 0 bridgehead atoms. The second kappa shape index (κ2) is 19.3. The van der Waals surface area contributed by atoms with Crippen molar-refractivity contribution in [1.29, 1.82) is 0 Å². The van der Waals surface area contributed by atoms with Gasteiger partial charge in [0, 0.05) is 73.2 Å². The van der Waals surface area contributed by atoms with Crippen molar-refractivity contribution in [3.63, 3.8) is 0 Å². The molecule has 15 nitrogen and oxygen atoms in total. The van der Waals surface area contributed by atoms with E-state index in [0.29, 0.717) is 17.8 Å². The number of carbonyl (C=O) groups is 3. The predicted octanol–water partition coefficient (Wildman–Crippen LogP) is 5.44. The zero-order valence-electron chi connectivity index (χ0n) is 38.9. The summed E-state index contributed by atoms with van der Waals surface area (Å²) in [6.45, 7) is 12.7. The highest BCUT2D eigenvalue weighted by molar-refractivity contribution is 7.99. The summed E-state index contributed by atoms with van der Waals surface area (Å²) < 4.78 is 25.5. The Hall–Kier alpha value is -3.48. The number of ketones is 1. The van der Waals surface area contributed by atoms with E-state index >= 15 is 4.79 Å². The average molecular weight is 887 g/mol.